The predicted molar refractivity (Wildman–Crippen MR) is 119 cm³/mol. The number of anilines is 1. The Morgan fingerprint density at radius 3 is 2.79 bits per heavy atom. The maximum absolute atomic E-state index is 12.5. The highest BCUT2D eigenvalue weighted by atomic mass is 35.5. The van der Waals surface area contributed by atoms with Crippen LogP contribution in [0.1, 0.15) is 50.2 Å². The van der Waals surface area contributed by atoms with E-state index in [-0.39, 0.29) is 5.91 Å². The highest BCUT2D eigenvalue weighted by molar-refractivity contribution is 6.31. The van der Waals surface area contributed by atoms with Crippen LogP contribution in [0.2, 0.25) is 5.02 Å². The molecule has 0 aromatic heterocycles. The van der Waals surface area contributed by atoms with Crippen LogP contribution in [0.3, 0.4) is 0 Å². The van der Waals surface area contributed by atoms with Crippen molar-refractivity contribution in [2.45, 2.75) is 64.6 Å². The number of nitrogens with one attached hydrogen (secondary N) is 2. The molecule has 2 heterocycles. The first-order valence-electron chi connectivity index (χ1n) is 11.3. The van der Waals surface area contributed by atoms with Gasteiger partial charge in [-0.2, -0.15) is 0 Å². The Hall–Kier alpha value is -1.14. The zero-order chi connectivity index (χ0) is 20.4. The molecule has 0 radical (unpaired) electrons. The van der Waals surface area contributed by atoms with E-state index < -0.39 is 0 Å². The van der Waals surface area contributed by atoms with Crippen molar-refractivity contribution in [1.29, 1.82) is 0 Å². The third-order valence-electron chi connectivity index (χ3n) is 6.78. The summed E-state index contributed by atoms with van der Waals surface area (Å²) in [5.74, 6) is 1.02. The van der Waals surface area contributed by atoms with Gasteiger partial charge in [0, 0.05) is 61.9 Å². The van der Waals surface area contributed by atoms with E-state index in [2.05, 4.69) is 40.3 Å². The molecule has 4 rings (SSSR count). The van der Waals surface area contributed by atoms with Crippen molar-refractivity contribution in [3.8, 4) is 0 Å². The van der Waals surface area contributed by atoms with Crippen LogP contribution in [0.4, 0.5) is 5.69 Å². The summed E-state index contributed by atoms with van der Waals surface area (Å²) >= 11 is 6.42. The van der Waals surface area contributed by atoms with Crippen LogP contribution >= 0.6 is 11.6 Å². The summed E-state index contributed by atoms with van der Waals surface area (Å²) in [7, 11) is 0. The minimum absolute atomic E-state index is 0.0722. The highest BCUT2D eigenvalue weighted by Gasteiger charge is 2.30. The van der Waals surface area contributed by atoms with Crippen molar-refractivity contribution in [2.75, 3.05) is 38.0 Å². The molecule has 160 valence electrons. The fourth-order valence-electron chi connectivity index (χ4n) is 4.74. The average molecular weight is 419 g/mol. The first-order valence-corrected chi connectivity index (χ1v) is 11.6. The normalized spacial score (nSPS) is 26.0. The van der Waals surface area contributed by atoms with Gasteiger partial charge in [-0.25, -0.2) is 0 Å². The van der Waals surface area contributed by atoms with Gasteiger partial charge < -0.3 is 10.6 Å². The van der Waals surface area contributed by atoms with Gasteiger partial charge in [-0.1, -0.05) is 11.6 Å². The minimum Gasteiger partial charge on any atom is -0.326 e. The number of halogens is 1. The van der Waals surface area contributed by atoms with Crippen LogP contribution in [-0.2, 0) is 11.3 Å². The summed E-state index contributed by atoms with van der Waals surface area (Å²) < 4.78 is 0. The van der Waals surface area contributed by atoms with Gasteiger partial charge in [0.2, 0.25) is 5.91 Å². The minimum atomic E-state index is 0.0722. The SMILES string of the molecule is Cc1c(CN2CCN(CC3CC3)[C@@H](C)C2)cc(Cl)cc1NC(=O)CC1CCCN1. The molecule has 0 spiro atoms. The zero-order valence-electron chi connectivity index (χ0n) is 17.8. The van der Waals surface area contributed by atoms with E-state index in [1.165, 1.54) is 24.9 Å². The van der Waals surface area contributed by atoms with E-state index in [4.69, 9.17) is 11.6 Å². The molecule has 2 saturated heterocycles. The Bertz CT molecular complexity index is 730. The van der Waals surface area contributed by atoms with E-state index in [9.17, 15) is 4.79 Å². The van der Waals surface area contributed by atoms with Crippen LogP contribution in [0.5, 0.6) is 0 Å². The largest absolute Gasteiger partial charge is 0.326 e. The van der Waals surface area contributed by atoms with E-state index in [1.807, 2.05) is 6.07 Å². The molecule has 2 atom stereocenters. The third kappa shape index (κ3) is 5.72. The quantitative estimate of drug-likeness (QED) is 0.709. The highest BCUT2D eigenvalue weighted by Crippen LogP contribution is 2.31. The molecule has 1 unspecified atom stereocenters. The lowest BCUT2D eigenvalue weighted by Gasteiger charge is -2.40. The third-order valence-corrected chi connectivity index (χ3v) is 7.00. The molecule has 3 aliphatic rings. The number of rotatable bonds is 7. The second kappa shape index (κ2) is 9.34. The molecule has 1 aromatic carbocycles. The lowest BCUT2D eigenvalue weighted by atomic mass is 10.0. The number of piperazine rings is 1. The van der Waals surface area contributed by atoms with Crippen molar-refractivity contribution in [3.05, 3.63) is 28.3 Å². The molecule has 1 saturated carbocycles. The van der Waals surface area contributed by atoms with E-state index >= 15 is 0 Å². The van der Waals surface area contributed by atoms with Crippen LogP contribution in [-0.4, -0.2) is 60.5 Å². The lowest BCUT2D eigenvalue weighted by molar-refractivity contribution is -0.116. The van der Waals surface area contributed by atoms with Crippen LogP contribution < -0.4 is 10.6 Å². The topological polar surface area (TPSA) is 47.6 Å². The van der Waals surface area contributed by atoms with Gasteiger partial charge >= 0.3 is 0 Å². The molecule has 3 fully saturated rings. The predicted octanol–water partition coefficient (Wildman–Crippen LogP) is 3.65. The van der Waals surface area contributed by atoms with Gasteiger partial charge in [0.15, 0.2) is 0 Å². The maximum Gasteiger partial charge on any atom is 0.225 e. The number of hydrogen-bond donors (Lipinski definition) is 2. The fraction of sp³-hybridized carbons (Fsp3) is 0.696. The summed E-state index contributed by atoms with van der Waals surface area (Å²) in [6, 6.07) is 4.85. The molecule has 1 aromatic rings. The summed E-state index contributed by atoms with van der Waals surface area (Å²) in [5.41, 5.74) is 3.21. The van der Waals surface area contributed by atoms with Crippen molar-refractivity contribution in [1.82, 2.24) is 15.1 Å². The Kier molecular flexibility index (Phi) is 6.80. The van der Waals surface area contributed by atoms with Crippen LogP contribution in [0.25, 0.3) is 0 Å². The summed E-state index contributed by atoms with van der Waals surface area (Å²) in [5, 5.41) is 7.20. The van der Waals surface area contributed by atoms with Gasteiger partial charge in [0.25, 0.3) is 0 Å². The lowest BCUT2D eigenvalue weighted by Crippen LogP contribution is -2.51. The number of amides is 1. The molecular weight excluding hydrogens is 384 g/mol. The molecule has 0 bridgehead atoms. The standard InChI is InChI=1S/C23H35ClN4O/c1-16-13-27(8-9-28(16)14-18-5-6-18)15-19-10-20(24)11-22(17(19)2)26-23(29)12-21-4-3-7-25-21/h10-11,16,18,21,25H,3-9,12-15H2,1-2H3,(H,26,29)/t16-,21?/m0/s1. The number of carbonyl (C=O) groups excluding carboxylic acids is 1. The Balaban J connectivity index is 1.36. The Morgan fingerprint density at radius 1 is 1.28 bits per heavy atom. The summed E-state index contributed by atoms with van der Waals surface area (Å²) in [6.45, 7) is 11.0. The summed E-state index contributed by atoms with van der Waals surface area (Å²) in [6.07, 6.45) is 5.60. The molecule has 5 nitrogen and oxygen atoms in total. The van der Waals surface area contributed by atoms with Gasteiger partial charge in [-0.3, -0.25) is 14.6 Å². The smallest absolute Gasteiger partial charge is 0.225 e. The first-order chi connectivity index (χ1) is 14.0. The van der Waals surface area contributed by atoms with E-state index in [1.54, 1.807) is 0 Å². The van der Waals surface area contributed by atoms with Crippen molar-refractivity contribution < 1.29 is 4.79 Å². The first kappa shape index (κ1) is 21.1. The van der Waals surface area contributed by atoms with E-state index in [0.29, 0.717) is 23.5 Å². The number of carbonyl (C=O) groups is 1. The second-order valence-corrected chi connectivity index (χ2v) is 9.74. The second-order valence-electron chi connectivity index (χ2n) is 9.31. The molecule has 2 aliphatic heterocycles. The fourth-order valence-corrected chi connectivity index (χ4v) is 4.98. The number of hydrogen-bond acceptors (Lipinski definition) is 4. The van der Waals surface area contributed by atoms with Crippen molar-refractivity contribution >= 4 is 23.2 Å². The monoisotopic (exact) mass is 418 g/mol. The van der Waals surface area contributed by atoms with Crippen molar-refractivity contribution in [3.63, 3.8) is 0 Å². The molecule has 1 aliphatic carbocycles. The molecule has 1 amide bonds. The van der Waals surface area contributed by atoms with E-state index in [0.717, 1.165) is 62.7 Å². The number of benzene rings is 1. The van der Waals surface area contributed by atoms with Crippen LogP contribution in [0, 0.1) is 12.8 Å². The van der Waals surface area contributed by atoms with Crippen LogP contribution in [0.15, 0.2) is 12.1 Å². The van der Waals surface area contributed by atoms with Gasteiger partial charge in [-0.05, 0) is 75.3 Å². The van der Waals surface area contributed by atoms with Gasteiger partial charge in [0.05, 0.1) is 0 Å². The molecule has 29 heavy (non-hydrogen) atoms. The van der Waals surface area contributed by atoms with Gasteiger partial charge in [-0.15, -0.1) is 0 Å². The van der Waals surface area contributed by atoms with Crippen molar-refractivity contribution in [2.24, 2.45) is 5.92 Å². The number of nitrogens with zero attached hydrogens (tertiary/aromatic N) is 2. The summed E-state index contributed by atoms with van der Waals surface area (Å²) in [4.78, 5) is 17.7. The zero-order valence-corrected chi connectivity index (χ0v) is 18.6. The molecule has 6 heteroatoms. The average Bonchev–Trinajstić information content (AvgIpc) is 3.34. The Labute approximate surface area is 180 Å². The van der Waals surface area contributed by atoms with Gasteiger partial charge in [0.1, 0.15) is 0 Å². The molecule has 2 N–H and O–H groups in total. The molecular formula is C23H35ClN4O. The Morgan fingerprint density at radius 2 is 2.10 bits per heavy atom. The maximum atomic E-state index is 12.5.